The van der Waals surface area contributed by atoms with Crippen LogP contribution < -0.4 is 10.1 Å². The van der Waals surface area contributed by atoms with E-state index in [1.54, 1.807) is 12.4 Å². The summed E-state index contributed by atoms with van der Waals surface area (Å²) in [7, 11) is 0. The lowest BCUT2D eigenvalue weighted by Gasteiger charge is -2.20. The second-order valence-corrected chi connectivity index (χ2v) is 5.68. The van der Waals surface area contributed by atoms with Gasteiger partial charge in [0, 0.05) is 48.2 Å². The van der Waals surface area contributed by atoms with Crippen molar-refractivity contribution in [3.05, 3.63) is 47.8 Å². The molecule has 0 atom stereocenters. The molecule has 2 rings (SSSR count). The molecule has 0 spiro atoms. The van der Waals surface area contributed by atoms with Gasteiger partial charge in [-0.3, -0.25) is 0 Å². The number of hydrogen-bond acceptors (Lipinski definition) is 4. The number of aromatic nitrogens is 2. The molecule has 6 heteroatoms. The minimum atomic E-state index is -0.712. The number of nitrogens with zero attached hydrogens (tertiary/aromatic N) is 2. The van der Waals surface area contributed by atoms with Gasteiger partial charge in [0.25, 0.3) is 0 Å². The van der Waals surface area contributed by atoms with Gasteiger partial charge >= 0.3 is 6.01 Å². The van der Waals surface area contributed by atoms with Gasteiger partial charge in [0.05, 0.1) is 0 Å². The quantitative estimate of drug-likeness (QED) is 0.938. The Balaban J connectivity index is 2.02. The van der Waals surface area contributed by atoms with E-state index in [1.807, 2.05) is 0 Å². The van der Waals surface area contributed by atoms with Crippen LogP contribution in [0.15, 0.2) is 30.6 Å². The lowest BCUT2D eigenvalue weighted by Crippen LogP contribution is -2.35. The molecule has 21 heavy (non-hydrogen) atoms. The van der Waals surface area contributed by atoms with Gasteiger partial charge in [0.1, 0.15) is 17.4 Å². The molecule has 0 saturated carbocycles. The van der Waals surface area contributed by atoms with Crippen molar-refractivity contribution < 1.29 is 13.5 Å². The molecule has 1 aromatic carbocycles. The Morgan fingerprint density at radius 2 is 1.62 bits per heavy atom. The first kappa shape index (κ1) is 15.3. The maximum absolute atomic E-state index is 13.0. The number of halogens is 2. The highest BCUT2D eigenvalue weighted by molar-refractivity contribution is 5.26. The van der Waals surface area contributed by atoms with Crippen LogP contribution in [0.5, 0.6) is 11.8 Å². The Morgan fingerprint density at radius 1 is 1.05 bits per heavy atom. The van der Waals surface area contributed by atoms with Gasteiger partial charge in [-0.1, -0.05) is 0 Å². The number of benzene rings is 1. The van der Waals surface area contributed by atoms with Gasteiger partial charge in [-0.2, -0.15) is 0 Å². The molecule has 0 aliphatic rings. The number of rotatable bonds is 4. The summed E-state index contributed by atoms with van der Waals surface area (Å²) in [5.41, 5.74) is 0.886. The van der Waals surface area contributed by atoms with E-state index in [4.69, 9.17) is 4.74 Å². The van der Waals surface area contributed by atoms with E-state index in [-0.39, 0.29) is 17.3 Å². The van der Waals surface area contributed by atoms with Gasteiger partial charge in [-0.15, -0.1) is 0 Å². The summed E-state index contributed by atoms with van der Waals surface area (Å²) >= 11 is 0. The standard InChI is InChI=1S/C15H17F2N3O/c1-15(2,3)20-9-10-7-18-14(19-8-10)21-13-5-11(16)4-12(17)6-13/h4-8,20H,9H2,1-3H3. The summed E-state index contributed by atoms with van der Waals surface area (Å²) < 4.78 is 31.3. The van der Waals surface area contributed by atoms with E-state index in [0.717, 1.165) is 23.8 Å². The Hall–Kier alpha value is -2.08. The van der Waals surface area contributed by atoms with Crippen LogP contribution in [0.2, 0.25) is 0 Å². The van der Waals surface area contributed by atoms with Crippen LogP contribution in [-0.4, -0.2) is 15.5 Å². The molecule has 1 aromatic heterocycles. The van der Waals surface area contributed by atoms with E-state index in [1.165, 1.54) is 0 Å². The SMILES string of the molecule is CC(C)(C)NCc1cnc(Oc2cc(F)cc(F)c2)nc1. The average Bonchev–Trinajstić information content (AvgIpc) is 2.36. The molecule has 0 amide bonds. The third-order valence-corrected chi connectivity index (χ3v) is 2.55. The lowest BCUT2D eigenvalue weighted by atomic mass is 10.1. The first-order valence-electron chi connectivity index (χ1n) is 6.52. The predicted molar refractivity (Wildman–Crippen MR) is 75.1 cm³/mol. The Bertz CT molecular complexity index is 589. The minimum Gasteiger partial charge on any atom is -0.424 e. The smallest absolute Gasteiger partial charge is 0.321 e. The van der Waals surface area contributed by atoms with Crippen molar-refractivity contribution >= 4 is 0 Å². The van der Waals surface area contributed by atoms with E-state index >= 15 is 0 Å². The van der Waals surface area contributed by atoms with Crippen molar-refractivity contribution in [1.29, 1.82) is 0 Å². The molecule has 0 radical (unpaired) electrons. The van der Waals surface area contributed by atoms with Crippen LogP contribution in [0, 0.1) is 11.6 Å². The van der Waals surface area contributed by atoms with Crippen molar-refractivity contribution in [2.75, 3.05) is 0 Å². The topological polar surface area (TPSA) is 47.0 Å². The van der Waals surface area contributed by atoms with E-state index in [9.17, 15) is 8.78 Å². The number of hydrogen-bond donors (Lipinski definition) is 1. The molecule has 0 aliphatic carbocycles. The molecule has 1 N–H and O–H groups in total. The molecule has 112 valence electrons. The molecule has 4 nitrogen and oxygen atoms in total. The van der Waals surface area contributed by atoms with Gasteiger partial charge in [0.2, 0.25) is 0 Å². The Labute approximate surface area is 122 Å². The van der Waals surface area contributed by atoms with E-state index in [0.29, 0.717) is 6.54 Å². The highest BCUT2D eigenvalue weighted by atomic mass is 19.1. The molecular weight excluding hydrogens is 276 g/mol. The fourth-order valence-electron chi connectivity index (χ4n) is 1.55. The zero-order valence-corrected chi connectivity index (χ0v) is 12.2. The van der Waals surface area contributed by atoms with Crippen molar-refractivity contribution in [3.63, 3.8) is 0 Å². The maximum atomic E-state index is 13.0. The summed E-state index contributed by atoms with van der Waals surface area (Å²) in [5, 5.41) is 3.30. The molecule has 2 aromatic rings. The van der Waals surface area contributed by atoms with Gasteiger partial charge in [0.15, 0.2) is 0 Å². The fraction of sp³-hybridized carbons (Fsp3) is 0.333. The zero-order valence-electron chi connectivity index (χ0n) is 12.2. The van der Waals surface area contributed by atoms with Crippen LogP contribution in [0.25, 0.3) is 0 Å². The summed E-state index contributed by atoms with van der Waals surface area (Å²) in [6, 6.07) is 2.96. The molecular formula is C15H17F2N3O. The molecule has 0 aliphatic heterocycles. The number of ether oxygens (including phenoxy) is 1. The molecule has 0 saturated heterocycles. The van der Waals surface area contributed by atoms with Crippen molar-refractivity contribution in [1.82, 2.24) is 15.3 Å². The predicted octanol–water partition coefficient (Wildman–Crippen LogP) is 3.44. The van der Waals surface area contributed by atoms with Gasteiger partial charge in [-0.05, 0) is 20.8 Å². The van der Waals surface area contributed by atoms with Crippen LogP contribution in [0.1, 0.15) is 26.3 Å². The number of nitrogens with one attached hydrogen (secondary N) is 1. The third-order valence-electron chi connectivity index (χ3n) is 2.55. The minimum absolute atomic E-state index is 0.00569. The van der Waals surface area contributed by atoms with Gasteiger partial charge < -0.3 is 10.1 Å². The highest BCUT2D eigenvalue weighted by Crippen LogP contribution is 2.20. The van der Waals surface area contributed by atoms with Crippen LogP contribution in [0.3, 0.4) is 0 Å². The first-order chi connectivity index (χ1) is 9.82. The summed E-state index contributed by atoms with van der Waals surface area (Å²) in [4.78, 5) is 8.03. The average molecular weight is 293 g/mol. The third kappa shape index (κ3) is 5.07. The largest absolute Gasteiger partial charge is 0.424 e. The fourth-order valence-corrected chi connectivity index (χ4v) is 1.55. The zero-order chi connectivity index (χ0) is 15.5. The van der Waals surface area contributed by atoms with Crippen molar-refractivity contribution in [3.8, 4) is 11.8 Å². The van der Waals surface area contributed by atoms with E-state index in [2.05, 4.69) is 36.1 Å². The first-order valence-corrected chi connectivity index (χ1v) is 6.52. The maximum Gasteiger partial charge on any atom is 0.321 e. The second kappa shape index (κ2) is 6.13. The molecule has 0 fully saturated rings. The Morgan fingerprint density at radius 3 is 2.14 bits per heavy atom. The summed E-state index contributed by atoms with van der Waals surface area (Å²) in [5.74, 6) is -1.40. The van der Waals surface area contributed by atoms with Crippen molar-refractivity contribution in [2.45, 2.75) is 32.9 Å². The monoisotopic (exact) mass is 293 g/mol. The normalized spacial score (nSPS) is 11.5. The highest BCUT2D eigenvalue weighted by Gasteiger charge is 2.09. The lowest BCUT2D eigenvalue weighted by molar-refractivity contribution is 0.418. The Kier molecular flexibility index (Phi) is 4.47. The van der Waals surface area contributed by atoms with Crippen molar-refractivity contribution in [2.24, 2.45) is 0 Å². The van der Waals surface area contributed by atoms with Crippen LogP contribution in [-0.2, 0) is 6.54 Å². The van der Waals surface area contributed by atoms with Gasteiger partial charge in [-0.25, -0.2) is 18.7 Å². The van der Waals surface area contributed by atoms with E-state index < -0.39 is 11.6 Å². The summed E-state index contributed by atoms with van der Waals surface area (Å²) in [6.45, 7) is 6.80. The summed E-state index contributed by atoms with van der Waals surface area (Å²) in [6.07, 6.45) is 3.22. The second-order valence-electron chi connectivity index (χ2n) is 5.68. The molecule has 0 unspecified atom stereocenters. The molecule has 1 heterocycles. The van der Waals surface area contributed by atoms with Crippen LogP contribution >= 0.6 is 0 Å². The van der Waals surface area contributed by atoms with Crippen LogP contribution in [0.4, 0.5) is 8.78 Å². The molecule has 0 bridgehead atoms.